The minimum absolute atomic E-state index is 0.162. The van der Waals surface area contributed by atoms with Crippen LogP contribution in [0.25, 0.3) is 0 Å². The number of rotatable bonds is 8. The van der Waals surface area contributed by atoms with E-state index >= 15 is 0 Å². The summed E-state index contributed by atoms with van der Waals surface area (Å²) < 4.78 is 0. The van der Waals surface area contributed by atoms with Crippen LogP contribution in [0.5, 0.6) is 0 Å². The van der Waals surface area contributed by atoms with Gasteiger partial charge in [-0.3, -0.25) is 0 Å². The molecular weight excluding hydrogens is 296 g/mol. The zero-order valence-electron chi connectivity index (χ0n) is 12.1. The number of nitrogens with one attached hydrogen (secondary N) is 2. The van der Waals surface area contributed by atoms with Crippen LogP contribution in [-0.4, -0.2) is 52.2 Å². The predicted octanol–water partition coefficient (Wildman–Crippen LogP) is 2.17. The second-order valence-corrected chi connectivity index (χ2v) is 7.32. The molecule has 0 aliphatic heterocycles. The first-order valence-corrected chi connectivity index (χ1v) is 9.43. The zero-order chi connectivity index (χ0) is 15.0. The van der Waals surface area contributed by atoms with Gasteiger partial charge in [-0.15, -0.1) is 0 Å². The number of hydrogen-bond acceptors (Lipinski definition) is 4. The molecule has 2 amide bonds. The average Bonchev–Trinajstić information content (AvgIpc) is 2.82. The Morgan fingerprint density at radius 3 is 2.75 bits per heavy atom. The van der Waals surface area contributed by atoms with Gasteiger partial charge in [-0.1, -0.05) is 13.3 Å². The number of carboxylic acid groups (broad SMARTS) is 1. The first-order valence-electron chi connectivity index (χ1n) is 6.98. The van der Waals surface area contributed by atoms with E-state index in [0.717, 1.165) is 30.8 Å². The molecule has 1 saturated carbocycles. The zero-order valence-corrected chi connectivity index (χ0v) is 13.7. The topological polar surface area (TPSA) is 78.4 Å². The second kappa shape index (κ2) is 9.39. The SMILES string of the molecule is CCSC1CCCC1NC(=O)N[C@@H](CCSC)C(=O)O. The highest BCUT2D eigenvalue weighted by molar-refractivity contribution is 7.99. The van der Waals surface area contributed by atoms with E-state index in [1.807, 2.05) is 18.0 Å². The van der Waals surface area contributed by atoms with Gasteiger partial charge in [0.05, 0.1) is 0 Å². The van der Waals surface area contributed by atoms with Crippen LogP contribution in [0.2, 0.25) is 0 Å². The average molecular weight is 320 g/mol. The van der Waals surface area contributed by atoms with Crippen molar-refractivity contribution < 1.29 is 14.7 Å². The molecule has 1 rings (SSSR count). The summed E-state index contributed by atoms with van der Waals surface area (Å²) in [6.45, 7) is 2.11. The Morgan fingerprint density at radius 1 is 1.40 bits per heavy atom. The molecule has 1 fully saturated rings. The van der Waals surface area contributed by atoms with Crippen LogP contribution in [0.15, 0.2) is 0 Å². The highest BCUT2D eigenvalue weighted by atomic mass is 32.2. The quantitative estimate of drug-likeness (QED) is 0.639. The van der Waals surface area contributed by atoms with Crippen molar-refractivity contribution in [1.82, 2.24) is 10.6 Å². The maximum absolute atomic E-state index is 11.9. The van der Waals surface area contributed by atoms with Gasteiger partial charge in [0.25, 0.3) is 0 Å². The summed E-state index contributed by atoms with van der Waals surface area (Å²) in [4.78, 5) is 23.0. The van der Waals surface area contributed by atoms with Gasteiger partial charge in [-0.25, -0.2) is 9.59 Å². The van der Waals surface area contributed by atoms with Crippen molar-refractivity contribution in [3.63, 3.8) is 0 Å². The highest BCUT2D eigenvalue weighted by Crippen LogP contribution is 2.29. The predicted molar refractivity (Wildman–Crippen MR) is 85.6 cm³/mol. The number of carboxylic acids is 1. The maximum atomic E-state index is 11.9. The largest absolute Gasteiger partial charge is 0.480 e. The lowest BCUT2D eigenvalue weighted by Crippen LogP contribution is -2.50. The fourth-order valence-electron chi connectivity index (χ4n) is 2.37. The Bertz CT molecular complexity index is 329. The van der Waals surface area contributed by atoms with Gasteiger partial charge in [0.1, 0.15) is 6.04 Å². The van der Waals surface area contributed by atoms with E-state index in [-0.39, 0.29) is 12.1 Å². The molecule has 0 aromatic rings. The molecule has 116 valence electrons. The third-order valence-corrected chi connectivity index (χ3v) is 5.33. The van der Waals surface area contributed by atoms with E-state index in [1.165, 1.54) is 0 Å². The van der Waals surface area contributed by atoms with Crippen molar-refractivity contribution in [2.24, 2.45) is 0 Å². The summed E-state index contributed by atoms with van der Waals surface area (Å²) in [7, 11) is 0. The number of thioether (sulfide) groups is 2. The first-order chi connectivity index (χ1) is 9.58. The third-order valence-electron chi connectivity index (χ3n) is 3.36. The molecule has 0 radical (unpaired) electrons. The summed E-state index contributed by atoms with van der Waals surface area (Å²) in [6, 6.07) is -0.997. The van der Waals surface area contributed by atoms with E-state index in [2.05, 4.69) is 17.6 Å². The number of amides is 2. The molecule has 3 atom stereocenters. The molecule has 3 N–H and O–H groups in total. The van der Waals surface area contributed by atoms with Crippen LogP contribution >= 0.6 is 23.5 Å². The van der Waals surface area contributed by atoms with Gasteiger partial charge in [0, 0.05) is 11.3 Å². The molecule has 20 heavy (non-hydrogen) atoms. The van der Waals surface area contributed by atoms with Crippen molar-refractivity contribution in [3.05, 3.63) is 0 Å². The number of hydrogen-bond donors (Lipinski definition) is 3. The molecule has 0 aromatic carbocycles. The molecule has 1 aliphatic rings. The van der Waals surface area contributed by atoms with Gasteiger partial charge >= 0.3 is 12.0 Å². The summed E-state index contributed by atoms with van der Waals surface area (Å²) in [5, 5.41) is 15.1. The minimum Gasteiger partial charge on any atom is -0.480 e. The fraction of sp³-hybridized carbons (Fsp3) is 0.846. The van der Waals surface area contributed by atoms with Gasteiger partial charge in [0.15, 0.2) is 0 Å². The standard InChI is InChI=1S/C13H24N2O3S2/c1-3-20-11-6-4-5-9(11)14-13(18)15-10(12(16)17)7-8-19-2/h9-11H,3-8H2,1-2H3,(H,16,17)(H2,14,15,18)/t9?,10-,11?/m0/s1. The summed E-state index contributed by atoms with van der Waals surface area (Å²) in [5.74, 6) is 0.783. The van der Waals surface area contributed by atoms with Crippen LogP contribution in [0.4, 0.5) is 4.79 Å². The molecular formula is C13H24N2O3S2. The molecule has 7 heteroatoms. The lowest BCUT2D eigenvalue weighted by molar-refractivity contribution is -0.139. The van der Waals surface area contributed by atoms with Gasteiger partial charge < -0.3 is 15.7 Å². The Balaban J connectivity index is 2.42. The van der Waals surface area contributed by atoms with Crippen molar-refractivity contribution in [2.75, 3.05) is 17.8 Å². The Labute approximate surface area is 129 Å². The molecule has 0 heterocycles. The van der Waals surface area contributed by atoms with Crippen LogP contribution in [0.1, 0.15) is 32.6 Å². The van der Waals surface area contributed by atoms with Crippen LogP contribution < -0.4 is 10.6 Å². The van der Waals surface area contributed by atoms with E-state index in [4.69, 9.17) is 5.11 Å². The fourth-order valence-corrected chi connectivity index (χ4v) is 4.04. The lowest BCUT2D eigenvalue weighted by atomic mass is 10.2. The van der Waals surface area contributed by atoms with Crippen LogP contribution in [-0.2, 0) is 4.79 Å². The van der Waals surface area contributed by atoms with Gasteiger partial charge in [0.2, 0.25) is 0 Å². The Morgan fingerprint density at radius 2 is 2.15 bits per heavy atom. The van der Waals surface area contributed by atoms with E-state index < -0.39 is 12.0 Å². The third kappa shape index (κ3) is 5.83. The van der Waals surface area contributed by atoms with E-state index in [1.54, 1.807) is 11.8 Å². The number of urea groups is 1. The number of carbonyl (C=O) groups is 2. The maximum Gasteiger partial charge on any atom is 0.326 e. The second-order valence-electron chi connectivity index (χ2n) is 4.82. The summed E-state index contributed by atoms with van der Waals surface area (Å²) in [6.07, 6.45) is 5.59. The summed E-state index contributed by atoms with van der Waals surface area (Å²) >= 11 is 3.44. The van der Waals surface area contributed by atoms with E-state index in [0.29, 0.717) is 11.7 Å². The van der Waals surface area contributed by atoms with Crippen molar-refractivity contribution in [2.45, 2.75) is 49.9 Å². The molecule has 1 aliphatic carbocycles. The van der Waals surface area contributed by atoms with Crippen molar-refractivity contribution in [3.8, 4) is 0 Å². The van der Waals surface area contributed by atoms with Crippen molar-refractivity contribution in [1.29, 1.82) is 0 Å². The molecule has 5 nitrogen and oxygen atoms in total. The van der Waals surface area contributed by atoms with Crippen LogP contribution in [0, 0.1) is 0 Å². The minimum atomic E-state index is -0.972. The smallest absolute Gasteiger partial charge is 0.326 e. The Kier molecular flexibility index (Phi) is 8.21. The molecule has 0 saturated heterocycles. The molecule has 2 unspecified atom stereocenters. The normalized spacial score (nSPS) is 23.3. The monoisotopic (exact) mass is 320 g/mol. The van der Waals surface area contributed by atoms with Crippen LogP contribution in [0.3, 0.4) is 0 Å². The van der Waals surface area contributed by atoms with Crippen molar-refractivity contribution >= 4 is 35.5 Å². The summed E-state index contributed by atoms with van der Waals surface area (Å²) in [5.41, 5.74) is 0. The Hall–Kier alpha value is -0.560. The highest BCUT2D eigenvalue weighted by Gasteiger charge is 2.29. The molecule has 0 aromatic heterocycles. The molecule has 0 spiro atoms. The van der Waals surface area contributed by atoms with E-state index in [9.17, 15) is 9.59 Å². The number of carbonyl (C=O) groups excluding carboxylic acids is 1. The van der Waals surface area contributed by atoms with Gasteiger partial charge in [-0.2, -0.15) is 23.5 Å². The number of aliphatic carboxylic acids is 1. The first kappa shape index (κ1) is 17.5. The lowest BCUT2D eigenvalue weighted by Gasteiger charge is -2.22. The molecule has 0 bridgehead atoms. The van der Waals surface area contributed by atoms with Gasteiger partial charge in [-0.05, 0) is 37.0 Å².